The molecule has 12 nitrogen and oxygen atoms in total. The molecule has 0 aliphatic heterocycles. The number of aromatic nitrogens is 2. The Balaban J connectivity index is 0.00000132. The van der Waals surface area contributed by atoms with Crippen LogP contribution in [0.3, 0.4) is 0 Å². The molecule has 2 aromatic rings. The molecule has 13 heteroatoms. The van der Waals surface area contributed by atoms with Gasteiger partial charge in [0.05, 0.1) is 42.5 Å². The Morgan fingerprint density at radius 1 is 1.11 bits per heavy atom. The number of benzene rings is 1. The van der Waals surface area contributed by atoms with Crippen LogP contribution in [0.15, 0.2) is 82.8 Å². The molecule has 1 aromatic heterocycles. The fourth-order valence-electron chi connectivity index (χ4n) is 3.89. The standard InChI is InChI=1S/C23H30N8O2.C6H10.C2H6N2S.C2H6/c1-33-18-9-5-4-8-16(18)23(32)28-12-14(24)10-11-17(25)20(26)19-21(27)29-13-30-22(19)31-15-6-2-3-7-15;1-3-5-6-4-2;1-5-4-2-3;1-2/h4-5,8-11,13,15,26H,2-3,6-7,12,24-25H2,1H3,(H,28,32)(H3,27,29,30,31);3-6H,1-2H3;2H,1H3,(H2,3,4);1-2H3/b14-10-,17-11-,26-20?;5-3-,6-4-;;. The molecule has 11 N–H and O–H groups in total. The summed E-state index contributed by atoms with van der Waals surface area (Å²) in [6, 6.07) is 7.19. The Morgan fingerprint density at radius 3 is 2.28 bits per heavy atom. The molecule has 3 rings (SSSR count). The molecular formula is C33H52N10O2S. The molecule has 252 valence electrons. The van der Waals surface area contributed by atoms with Crippen LogP contribution in [0.1, 0.15) is 69.3 Å². The second-order valence-corrected chi connectivity index (χ2v) is 9.79. The molecule has 1 fully saturated rings. The fraction of sp³-hybridized carbons (Fsp3) is 0.364. The summed E-state index contributed by atoms with van der Waals surface area (Å²) in [5.41, 5.74) is 24.3. The lowest BCUT2D eigenvalue weighted by atomic mass is 10.1. The van der Waals surface area contributed by atoms with Crippen molar-refractivity contribution in [2.24, 2.45) is 21.6 Å². The van der Waals surface area contributed by atoms with E-state index in [4.69, 9.17) is 33.1 Å². The van der Waals surface area contributed by atoms with Gasteiger partial charge in [0.15, 0.2) is 0 Å². The minimum absolute atomic E-state index is 0.00398. The highest BCUT2D eigenvalue weighted by molar-refractivity contribution is 7.97. The quantitative estimate of drug-likeness (QED) is 0.0717. The monoisotopic (exact) mass is 652 g/mol. The van der Waals surface area contributed by atoms with Crippen molar-refractivity contribution < 1.29 is 9.53 Å². The summed E-state index contributed by atoms with van der Waals surface area (Å²) < 4.78 is 8.74. The Hall–Kier alpha value is -4.78. The molecule has 1 amide bonds. The second kappa shape index (κ2) is 25.5. The molecule has 1 aromatic carbocycles. The van der Waals surface area contributed by atoms with Gasteiger partial charge in [-0.1, -0.05) is 63.1 Å². The largest absolute Gasteiger partial charge is 0.496 e. The number of anilines is 2. The Kier molecular flexibility index (Phi) is 22.9. The van der Waals surface area contributed by atoms with Gasteiger partial charge < -0.3 is 38.3 Å². The van der Waals surface area contributed by atoms with E-state index in [1.165, 1.54) is 43.9 Å². The van der Waals surface area contributed by atoms with Gasteiger partial charge in [0, 0.05) is 18.0 Å². The summed E-state index contributed by atoms with van der Waals surface area (Å²) in [6.07, 6.45) is 19.9. The highest BCUT2D eigenvalue weighted by atomic mass is 32.2. The van der Waals surface area contributed by atoms with Crippen molar-refractivity contribution in [3.05, 3.63) is 89.6 Å². The number of nitrogens with two attached hydrogens (primary N) is 4. The van der Waals surface area contributed by atoms with Crippen molar-refractivity contribution >= 4 is 41.5 Å². The van der Waals surface area contributed by atoms with Crippen molar-refractivity contribution in [2.45, 2.75) is 59.4 Å². The Morgan fingerprint density at radius 2 is 1.74 bits per heavy atom. The predicted octanol–water partition coefficient (Wildman–Crippen LogP) is 5.32. The number of carbonyl (C=O) groups excluding carboxylic acids is 1. The number of hydrogen-bond donors (Lipinski definition) is 7. The maximum absolute atomic E-state index is 12.4. The average Bonchev–Trinajstić information content (AvgIpc) is 3.60. The van der Waals surface area contributed by atoms with Gasteiger partial charge in [-0.05, 0) is 62.9 Å². The number of ether oxygens (including phenoxy) is 1. The molecule has 0 spiro atoms. The van der Waals surface area contributed by atoms with Crippen molar-refractivity contribution in [3.8, 4) is 5.75 Å². The zero-order valence-corrected chi connectivity index (χ0v) is 28.7. The van der Waals surface area contributed by atoms with Gasteiger partial charge in [0.25, 0.3) is 5.91 Å². The minimum atomic E-state index is -0.315. The first-order valence-electron chi connectivity index (χ1n) is 15.0. The van der Waals surface area contributed by atoms with Crippen LogP contribution in [0, 0.1) is 5.41 Å². The molecule has 1 heterocycles. The number of hydrogen-bond acceptors (Lipinski definition) is 11. The number of allylic oxidation sites excluding steroid dienone is 7. The summed E-state index contributed by atoms with van der Waals surface area (Å²) in [5, 5.41) is 14.6. The third-order valence-electron chi connectivity index (χ3n) is 6.06. The first-order chi connectivity index (χ1) is 22.2. The lowest BCUT2D eigenvalue weighted by molar-refractivity contribution is 0.0954. The number of nitrogens with one attached hydrogen (secondary N) is 3. The van der Waals surface area contributed by atoms with E-state index in [9.17, 15) is 4.79 Å². The maximum Gasteiger partial charge on any atom is 0.255 e. The molecule has 0 saturated heterocycles. The van der Waals surface area contributed by atoms with Crippen LogP contribution in [0.4, 0.5) is 11.6 Å². The molecular weight excluding hydrogens is 600 g/mol. The van der Waals surface area contributed by atoms with Crippen molar-refractivity contribution in [3.63, 3.8) is 0 Å². The fourth-order valence-corrected chi connectivity index (χ4v) is 4.02. The number of methoxy groups -OCH3 is 1. The van der Waals surface area contributed by atoms with Gasteiger partial charge in [0.2, 0.25) is 0 Å². The van der Waals surface area contributed by atoms with Crippen LogP contribution >= 0.6 is 11.9 Å². The van der Waals surface area contributed by atoms with Gasteiger partial charge in [-0.25, -0.2) is 14.4 Å². The number of nitrogens with zero attached hydrogens (tertiary/aromatic N) is 3. The van der Waals surface area contributed by atoms with E-state index in [-0.39, 0.29) is 29.7 Å². The van der Waals surface area contributed by atoms with Crippen LogP contribution < -0.4 is 38.3 Å². The molecule has 0 atom stereocenters. The minimum Gasteiger partial charge on any atom is -0.496 e. The van der Waals surface area contributed by atoms with Gasteiger partial charge >= 0.3 is 0 Å². The maximum atomic E-state index is 12.4. The van der Waals surface area contributed by atoms with E-state index in [1.807, 2.05) is 58.3 Å². The molecule has 1 saturated carbocycles. The topological polar surface area (TPSA) is 216 Å². The molecule has 1 aliphatic carbocycles. The van der Waals surface area contributed by atoms with Gasteiger partial charge in [-0.3, -0.25) is 10.2 Å². The van der Waals surface area contributed by atoms with E-state index >= 15 is 0 Å². The molecule has 46 heavy (non-hydrogen) atoms. The second-order valence-electron chi connectivity index (χ2n) is 9.22. The van der Waals surface area contributed by atoms with Gasteiger partial charge in [-0.2, -0.15) is 0 Å². The van der Waals surface area contributed by atoms with Gasteiger partial charge in [-0.15, -0.1) is 0 Å². The summed E-state index contributed by atoms with van der Waals surface area (Å²) >= 11 is 1.35. The lowest BCUT2D eigenvalue weighted by Gasteiger charge is -2.17. The summed E-state index contributed by atoms with van der Waals surface area (Å²) in [4.78, 5) is 20.7. The van der Waals surface area contributed by atoms with E-state index in [2.05, 4.69) is 25.0 Å². The average molecular weight is 653 g/mol. The third-order valence-corrected chi connectivity index (χ3v) is 6.39. The van der Waals surface area contributed by atoms with Crippen LogP contribution in [0.2, 0.25) is 0 Å². The summed E-state index contributed by atoms with van der Waals surface area (Å²) in [7, 11) is 1.50. The predicted molar refractivity (Wildman–Crippen MR) is 196 cm³/mol. The first kappa shape index (κ1) is 41.2. The number of rotatable bonds is 11. The highest BCUT2D eigenvalue weighted by Crippen LogP contribution is 2.26. The Labute approximate surface area is 278 Å². The van der Waals surface area contributed by atoms with Crippen LogP contribution in [0.25, 0.3) is 0 Å². The number of nitrogen functional groups attached to an aromatic ring is 1. The van der Waals surface area contributed by atoms with Gasteiger partial charge in [0.1, 0.15) is 23.7 Å². The normalized spacial score (nSPS) is 13.3. The first-order valence-corrected chi connectivity index (χ1v) is 16.2. The summed E-state index contributed by atoms with van der Waals surface area (Å²) in [6.45, 7) is 8.10. The van der Waals surface area contributed by atoms with Crippen molar-refractivity contribution in [2.75, 3.05) is 31.0 Å². The third kappa shape index (κ3) is 15.8. The number of para-hydroxylation sites is 1. The molecule has 0 radical (unpaired) electrons. The van der Waals surface area contributed by atoms with E-state index in [0.29, 0.717) is 34.4 Å². The van der Waals surface area contributed by atoms with Crippen molar-refractivity contribution in [1.29, 1.82) is 5.41 Å². The zero-order valence-electron chi connectivity index (χ0n) is 27.9. The smallest absolute Gasteiger partial charge is 0.255 e. The van der Waals surface area contributed by atoms with E-state index < -0.39 is 0 Å². The molecule has 0 unspecified atom stereocenters. The van der Waals surface area contributed by atoms with Crippen molar-refractivity contribution in [1.82, 2.24) is 15.3 Å². The SMILES string of the molecule is C/C=C\C=C/C.CC.COc1ccccc1C(=O)NC/C(N)=C/C=C(\N)C(=N)c1c(N)ncnc1NC1CCCC1.CS/N=C/N. The van der Waals surface area contributed by atoms with E-state index in [0.717, 1.165) is 25.7 Å². The number of amides is 1. The molecule has 0 bridgehead atoms. The summed E-state index contributed by atoms with van der Waals surface area (Å²) in [5.74, 6) is 0.829. The zero-order chi connectivity index (χ0) is 34.7. The Bertz CT molecular complexity index is 1320. The van der Waals surface area contributed by atoms with Crippen LogP contribution in [-0.4, -0.2) is 53.9 Å². The highest BCUT2D eigenvalue weighted by Gasteiger charge is 2.21. The number of carbonyl (C=O) groups is 1. The molecule has 1 aliphatic rings. The van der Waals surface area contributed by atoms with Crippen LogP contribution in [0.5, 0.6) is 5.75 Å². The van der Waals surface area contributed by atoms with E-state index in [1.54, 1.807) is 24.3 Å². The van der Waals surface area contributed by atoms with Crippen LogP contribution in [-0.2, 0) is 0 Å². The lowest BCUT2D eigenvalue weighted by Crippen LogP contribution is -2.28.